The monoisotopic (exact) mass is 249 g/mol. The number of nitrogens with one attached hydrogen (secondary N) is 1. The van der Waals surface area contributed by atoms with Gasteiger partial charge in [-0.25, -0.2) is 9.37 Å². The lowest BCUT2D eigenvalue weighted by Crippen LogP contribution is -2.62. The molecule has 1 N–H and O–H groups in total. The maximum atomic E-state index is 12.2. The smallest absolute Gasteiger partial charge is 0.270 e. The summed E-state index contributed by atoms with van der Waals surface area (Å²) in [6.07, 6.45) is 0. The molecule has 0 radical (unpaired) electrons. The first-order valence-corrected chi connectivity index (χ1v) is 5.57. The average molecular weight is 249 g/mol. The minimum absolute atomic E-state index is 0.261. The fraction of sp³-hybridized carbons (Fsp3) is 0.500. The molecule has 0 aliphatic carbocycles. The van der Waals surface area contributed by atoms with Gasteiger partial charge >= 0.3 is 12.0 Å². The van der Waals surface area contributed by atoms with Gasteiger partial charge in [-0.2, -0.15) is 5.43 Å². The summed E-state index contributed by atoms with van der Waals surface area (Å²) in [7, 11) is 3.10. The number of amidine groups is 1. The molecular formula is C10H13N6O2+. The number of carbonyl (C=O) groups is 2. The number of fused-ring (bicyclic) bond motifs is 2. The molecule has 8 nitrogen and oxygen atoms in total. The van der Waals surface area contributed by atoms with E-state index in [-0.39, 0.29) is 11.9 Å². The number of carbonyl (C=O) groups excluding carboxylic acids is 2. The SMILES string of the molecule is CC1=NNC2=[N+](C1)C1C(=O)N(C)C(=O)N(C)C1=N2. The van der Waals surface area contributed by atoms with Crippen LogP contribution in [0.2, 0.25) is 0 Å². The molecule has 0 aromatic carbocycles. The van der Waals surface area contributed by atoms with Crippen LogP contribution in [0, 0.1) is 0 Å². The van der Waals surface area contributed by atoms with Crippen LogP contribution in [0.1, 0.15) is 6.92 Å². The molecule has 0 aromatic heterocycles. The van der Waals surface area contributed by atoms with Crippen molar-refractivity contribution in [1.29, 1.82) is 0 Å². The second-order valence-electron chi connectivity index (χ2n) is 4.52. The summed E-state index contributed by atoms with van der Waals surface area (Å²) in [4.78, 5) is 30.8. The van der Waals surface area contributed by atoms with Crippen LogP contribution >= 0.6 is 0 Å². The normalized spacial score (nSPS) is 26.7. The third-order valence-corrected chi connectivity index (χ3v) is 3.28. The van der Waals surface area contributed by atoms with Crippen molar-refractivity contribution in [2.75, 3.05) is 20.6 Å². The van der Waals surface area contributed by atoms with Crippen LogP contribution in [-0.2, 0) is 4.79 Å². The minimum atomic E-state index is -0.536. The second kappa shape index (κ2) is 3.37. The van der Waals surface area contributed by atoms with Gasteiger partial charge in [-0.05, 0) is 6.92 Å². The molecule has 1 unspecified atom stereocenters. The Kier molecular flexibility index (Phi) is 2.04. The van der Waals surface area contributed by atoms with Gasteiger partial charge in [-0.3, -0.25) is 14.6 Å². The summed E-state index contributed by atoms with van der Waals surface area (Å²) in [5.74, 6) is 0.711. The molecule has 3 aliphatic heterocycles. The number of hydrazone groups is 1. The molecule has 0 spiro atoms. The summed E-state index contributed by atoms with van der Waals surface area (Å²) in [5.41, 5.74) is 3.66. The van der Waals surface area contributed by atoms with Crippen LogP contribution < -0.4 is 5.43 Å². The average Bonchev–Trinajstić information content (AvgIpc) is 2.72. The second-order valence-corrected chi connectivity index (χ2v) is 4.52. The van der Waals surface area contributed by atoms with Crippen molar-refractivity contribution in [3.63, 3.8) is 0 Å². The van der Waals surface area contributed by atoms with E-state index in [1.54, 1.807) is 7.05 Å². The number of hydrogen-bond donors (Lipinski definition) is 1. The van der Waals surface area contributed by atoms with E-state index in [4.69, 9.17) is 0 Å². The van der Waals surface area contributed by atoms with Gasteiger partial charge in [-0.15, -0.1) is 5.10 Å². The highest BCUT2D eigenvalue weighted by atomic mass is 16.2. The van der Waals surface area contributed by atoms with E-state index in [1.165, 1.54) is 11.9 Å². The van der Waals surface area contributed by atoms with E-state index in [1.807, 2.05) is 11.5 Å². The fourth-order valence-corrected chi connectivity index (χ4v) is 2.28. The number of imide groups is 1. The van der Waals surface area contributed by atoms with E-state index in [0.717, 1.165) is 10.6 Å². The fourth-order valence-electron chi connectivity index (χ4n) is 2.28. The molecule has 1 fully saturated rings. The predicted molar refractivity (Wildman–Crippen MR) is 63.5 cm³/mol. The Morgan fingerprint density at radius 3 is 2.78 bits per heavy atom. The van der Waals surface area contributed by atoms with Crippen LogP contribution in [0.5, 0.6) is 0 Å². The van der Waals surface area contributed by atoms with Crippen LogP contribution in [0.3, 0.4) is 0 Å². The van der Waals surface area contributed by atoms with E-state index in [9.17, 15) is 9.59 Å². The van der Waals surface area contributed by atoms with E-state index in [0.29, 0.717) is 18.3 Å². The number of urea groups is 1. The topological polar surface area (TPSA) is 80.4 Å². The van der Waals surface area contributed by atoms with E-state index in [2.05, 4.69) is 15.5 Å². The highest BCUT2D eigenvalue weighted by Crippen LogP contribution is 2.19. The van der Waals surface area contributed by atoms with Gasteiger partial charge in [-0.1, -0.05) is 4.99 Å². The first kappa shape index (κ1) is 10.9. The zero-order chi connectivity index (χ0) is 13.0. The molecule has 3 amide bonds. The van der Waals surface area contributed by atoms with Gasteiger partial charge in [0.25, 0.3) is 5.91 Å². The Balaban J connectivity index is 2.04. The molecular weight excluding hydrogens is 236 g/mol. The Morgan fingerprint density at radius 1 is 1.33 bits per heavy atom. The minimum Gasteiger partial charge on any atom is -0.270 e. The van der Waals surface area contributed by atoms with Gasteiger partial charge in [0.2, 0.25) is 11.9 Å². The molecule has 3 rings (SSSR count). The molecule has 94 valence electrons. The molecule has 0 saturated carbocycles. The summed E-state index contributed by atoms with van der Waals surface area (Å²) in [6, 6.07) is -0.904. The first-order chi connectivity index (χ1) is 8.50. The Labute approximate surface area is 103 Å². The molecule has 0 aromatic rings. The van der Waals surface area contributed by atoms with Crippen molar-refractivity contribution < 1.29 is 14.2 Å². The van der Waals surface area contributed by atoms with Crippen molar-refractivity contribution >= 4 is 29.4 Å². The lowest BCUT2D eigenvalue weighted by atomic mass is 10.1. The van der Waals surface area contributed by atoms with Crippen LogP contribution in [0.25, 0.3) is 0 Å². The van der Waals surface area contributed by atoms with Crippen LogP contribution in [-0.4, -0.2) is 70.5 Å². The number of guanidine groups is 1. The Bertz CT molecular complexity index is 561. The first-order valence-electron chi connectivity index (χ1n) is 5.57. The molecule has 1 atom stereocenters. The van der Waals surface area contributed by atoms with E-state index >= 15 is 0 Å². The van der Waals surface area contributed by atoms with Crippen molar-refractivity contribution in [3.8, 4) is 0 Å². The van der Waals surface area contributed by atoms with Crippen molar-refractivity contribution in [3.05, 3.63) is 0 Å². The van der Waals surface area contributed by atoms with Gasteiger partial charge in [0, 0.05) is 14.1 Å². The van der Waals surface area contributed by atoms with E-state index < -0.39 is 6.04 Å². The standard InChI is InChI=1S/C10H12N6O2/c1-5-4-16-6-7(11-9(16)13-12-5)14(2)10(18)15(3)8(6)17/h6H,4H2,1-3H3/p+1. The molecule has 1 saturated heterocycles. The lowest BCUT2D eigenvalue weighted by Gasteiger charge is -2.31. The number of rotatable bonds is 0. The summed E-state index contributed by atoms with van der Waals surface area (Å²) in [6.45, 7) is 2.40. The third-order valence-electron chi connectivity index (χ3n) is 3.28. The number of aliphatic imine (C=N–C) groups is 1. The van der Waals surface area contributed by atoms with Gasteiger partial charge in [0.05, 0.1) is 5.71 Å². The quantitative estimate of drug-likeness (QED) is 0.538. The number of nitrogens with zero attached hydrogens (tertiary/aromatic N) is 5. The van der Waals surface area contributed by atoms with Crippen molar-refractivity contribution in [1.82, 2.24) is 15.2 Å². The number of likely N-dealkylation sites (N-methyl/N-ethyl adjacent to an activating group) is 2. The maximum absolute atomic E-state index is 12.2. The van der Waals surface area contributed by atoms with Crippen LogP contribution in [0.4, 0.5) is 4.79 Å². The maximum Gasteiger partial charge on any atom is 0.414 e. The highest BCUT2D eigenvalue weighted by Gasteiger charge is 2.52. The third kappa shape index (κ3) is 1.22. The highest BCUT2D eigenvalue weighted by molar-refractivity contribution is 6.23. The lowest BCUT2D eigenvalue weighted by molar-refractivity contribution is -0.524. The van der Waals surface area contributed by atoms with Crippen molar-refractivity contribution in [2.45, 2.75) is 13.0 Å². The van der Waals surface area contributed by atoms with Crippen LogP contribution in [0.15, 0.2) is 10.1 Å². The van der Waals surface area contributed by atoms with Gasteiger partial charge < -0.3 is 0 Å². The van der Waals surface area contributed by atoms with Gasteiger partial charge in [0.15, 0.2) is 0 Å². The predicted octanol–water partition coefficient (Wildman–Crippen LogP) is -1.36. The Morgan fingerprint density at radius 2 is 2.06 bits per heavy atom. The Hall–Kier alpha value is -2.25. The van der Waals surface area contributed by atoms with Crippen molar-refractivity contribution in [2.24, 2.45) is 10.1 Å². The zero-order valence-electron chi connectivity index (χ0n) is 10.3. The summed E-state index contributed by atoms with van der Waals surface area (Å²) in [5, 5.41) is 4.07. The summed E-state index contributed by atoms with van der Waals surface area (Å²) < 4.78 is 1.82. The largest absolute Gasteiger partial charge is 0.414 e. The number of amides is 3. The number of hydrogen-bond acceptors (Lipinski definition) is 5. The molecule has 18 heavy (non-hydrogen) atoms. The van der Waals surface area contributed by atoms with Gasteiger partial charge in [0.1, 0.15) is 6.54 Å². The molecule has 3 aliphatic rings. The zero-order valence-corrected chi connectivity index (χ0v) is 10.3. The molecule has 0 bridgehead atoms. The molecule has 8 heteroatoms. The molecule has 3 heterocycles. The summed E-state index contributed by atoms with van der Waals surface area (Å²) >= 11 is 0.